The van der Waals surface area contributed by atoms with Gasteiger partial charge in [-0.3, -0.25) is 4.79 Å². The van der Waals surface area contributed by atoms with Gasteiger partial charge in [0.25, 0.3) is 5.91 Å². The third-order valence-electron chi connectivity index (χ3n) is 1.04. The van der Waals surface area contributed by atoms with Gasteiger partial charge in [0.15, 0.2) is 5.82 Å². The Morgan fingerprint density at radius 2 is 2.18 bits per heavy atom. The normalized spacial score (nSPS) is 7.73. The molecular formula is C5H9Cl2N3O. The van der Waals surface area contributed by atoms with E-state index in [1.165, 1.54) is 6.20 Å². The van der Waals surface area contributed by atoms with E-state index in [0.29, 0.717) is 0 Å². The van der Waals surface area contributed by atoms with Crippen LogP contribution in [0.25, 0.3) is 0 Å². The van der Waals surface area contributed by atoms with Crippen LogP contribution in [-0.2, 0) is 7.05 Å². The van der Waals surface area contributed by atoms with Crippen LogP contribution in [0.4, 0.5) is 0 Å². The van der Waals surface area contributed by atoms with Gasteiger partial charge in [-0.05, 0) is 0 Å². The molecule has 0 fully saturated rings. The summed E-state index contributed by atoms with van der Waals surface area (Å²) in [6.07, 6.45) is 3.19. The molecule has 0 saturated carbocycles. The highest BCUT2D eigenvalue weighted by atomic mass is 35.5. The molecule has 1 amide bonds. The zero-order valence-electron chi connectivity index (χ0n) is 5.85. The Labute approximate surface area is 76.6 Å². The zero-order chi connectivity index (χ0) is 6.85. The summed E-state index contributed by atoms with van der Waals surface area (Å²) in [5, 5.41) is 0. The maximum atomic E-state index is 10.4. The summed E-state index contributed by atoms with van der Waals surface area (Å²) in [7, 11) is 1.72. The number of hydrogen-bond acceptors (Lipinski definition) is 2. The Hall–Kier alpha value is -0.740. The van der Waals surface area contributed by atoms with Gasteiger partial charge in [0.1, 0.15) is 0 Å². The Balaban J connectivity index is 0. The van der Waals surface area contributed by atoms with Crippen LogP contribution in [-0.4, -0.2) is 15.5 Å². The fourth-order valence-electron chi connectivity index (χ4n) is 0.603. The van der Waals surface area contributed by atoms with Crippen LogP contribution in [0.2, 0.25) is 0 Å². The van der Waals surface area contributed by atoms with E-state index in [-0.39, 0.29) is 30.6 Å². The van der Waals surface area contributed by atoms with E-state index in [4.69, 9.17) is 5.73 Å². The largest absolute Gasteiger partial charge is 0.363 e. The molecule has 0 spiro atoms. The van der Waals surface area contributed by atoms with Crippen molar-refractivity contribution in [2.45, 2.75) is 0 Å². The lowest BCUT2D eigenvalue weighted by atomic mass is 10.6. The van der Waals surface area contributed by atoms with Crippen LogP contribution in [0.15, 0.2) is 12.4 Å². The smallest absolute Gasteiger partial charge is 0.284 e. The van der Waals surface area contributed by atoms with Crippen molar-refractivity contribution in [2.24, 2.45) is 12.8 Å². The first kappa shape index (κ1) is 12.9. The van der Waals surface area contributed by atoms with Gasteiger partial charge in [-0.1, -0.05) is 0 Å². The topological polar surface area (TPSA) is 60.9 Å². The Kier molecular flexibility index (Phi) is 5.84. The number of rotatable bonds is 1. The van der Waals surface area contributed by atoms with Gasteiger partial charge < -0.3 is 10.3 Å². The van der Waals surface area contributed by atoms with Crippen LogP contribution in [0.1, 0.15) is 10.6 Å². The molecule has 0 atom stereocenters. The predicted octanol–water partition coefficient (Wildman–Crippen LogP) is 0.363. The number of aryl methyl sites for hydroxylation is 1. The van der Waals surface area contributed by atoms with Crippen molar-refractivity contribution in [3.8, 4) is 0 Å². The van der Waals surface area contributed by atoms with E-state index in [0.717, 1.165) is 0 Å². The molecule has 0 saturated heterocycles. The van der Waals surface area contributed by atoms with Gasteiger partial charge in [0.2, 0.25) is 0 Å². The molecule has 1 rings (SSSR count). The first-order valence-electron chi connectivity index (χ1n) is 2.49. The van der Waals surface area contributed by atoms with Crippen molar-refractivity contribution < 1.29 is 4.79 Å². The number of nitrogens with two attached hydrogens (primary N) is 1. The molecule has 11 heavy (non-hydrogen) atoms. The predicted molar refractivity (Wildman–Crippen MR) is 46.2 cm³/mol. The Morgan fingerprint density at radius 1 is 1.64 bits per heavy atom. The number of aromatic nitrogens is 2. The van der Waals surface area contributed by atoms with Gasteiger partial charge in [-0.2, -0.15) is 0 Å². The third-order valence-corrected chi connectivity index (χ3v) is 1.04. The molecule has 0 aliphatic rings. The van der Waals surface area contributed by atoms with Gasteiger partial charge in [-0.15, -0.1) is 24.8 Å². The molecule has 0 aliphatic heterocycles. The lowest BCUT2D eigenvalue weighted by Crippen LogP contribution is -2.16. The van der Waals surface area contributed by atoms with Gasteiger partial charge in [-0.25, -0.2) is 4.98 Å². The monoisotopic (exact) mass is 197 g/mol. The molecule has 0 unspecified atom stereocenters. The van der Waals surface area contributed by atoms with Crippen LogP contribution in [0.5, 0.6) is 0 Å². The molecule has 64 valence electrons. The fourth-order valence-corrected chi connectivity index (χ4v) is 0.603. The SMILES string of the molecule is Cl.Cl.Cn1ccnc1C(N)=O. The molecule has 1 aromatic heterocycles. The fraction of sp³-hybridized carbons (Fsp3) is 0.200. The number of halogens is 2. The Bertz CT molecular complexity index is 235. The van der Waals surface area contributed by atoms with E-state index in [9.17, 15) is 4.79 Å². The maximum absolute atomic E-state index is 10.4. The van der Waals surface area contributed by atoms with Crippen molar-refractivity contribution in [3.63, 3.8) is 0 Å². The minimum absolute atomic E-state index is 0. The molecule has 0 radical (unpaired) electrons. The average molecular weight is 198 g/mol. The van der Waals surface area contributed by atoms with Crippen molar-refractivity contribution in [1.29, 1.82) is 0 Å². The first-order chi connectivity index (χ1) is 4.22. The van der Waals surface area contributed by atoms with E-state index >= 15 is 0 Å². The Morgan fingerprint density at radius 3 is 2.36 bits per heavy atom. The van der Waals surface area contributed by atoms with Crippen LogP contribution >= 0.6 is 24.8 Å². The number of amides is 1. The summed E-state index contributed by atoms with van der Waals surface area (Å²) in [5.41, 5.74) is 4.94. The van der Waals surface area contributed by atoms with E-state index in [1.807, 2.05) is 0 Å². The molecule has 2 N–H and O–H groups in total. The summed E-state index contributed by atoms with van der Waals surface area (Å²) < 4.78 is 1.57. The number of hydrogen-bond donors (Lipinski definition) is 1. The van der Waals surface area contributed by atoms with Crippen molar-refractivity contribution >= 4 is 30.7 Å². The summed E-state index contributed by atoms with van der Waals surface area (Å²) >= 11 is 0. The number of imidazole rings is 1. The van der Waals surface area contributed by atoms with E-state index in [1.54, 1.807) is 17.8 Å². The lowest BCUT2D eigenvalue weighted by molar-refractivity contribution is 0.0987. The van der Waals surface area contributed by atoms with E-state index < -0.39 is 5.91 Å². The molecule has 0 aliphatic carbocycles. The molecule has 0 aromatic carbocycles. The zero-order valence-corrected chi connectivity index (χ0v) is 7.48. The first-order valence-corrected chi connectivity index (χ1v) is 2.49. The summed E-state index contributed by atoms with van der Waals surface area (Å²) in [4.78, 5) is 14.1. The van der Waals surface area contributed by atoms with Gasteiger partial charge in [0, 0.05) is 19.4 Å². The number of carbonyl (C=O) groups is 1. The minimum atomic E-state index is -0.498. The molecule has 1 aromatic rings. The molecular weight excluding hydrogens is 189 g/mol. The van der Waals surface area contributed by atoms with Crippen LogP contribution < -0.4 is 5.73 Å². The number of carbonyl (C=O) groups excluding carboxylic acids is 1. The molecule has 6 heteroatoms. The second-order valence-corrected chi connectivity index (χ2v) is 1.73. The summed E-state index contributed by atoms with van der Waals surface area (Å²) in [6.45, 7) is 0. The van der Waals surface area contributed by atoms with Crippen molar-refractivity contribution in [2.75, 3.05) is 0 Å². The lowest BCUT2D eigenvalue weighted by Gasteiger charge is -1.92. The quantitative estimate of drug-likeness (QED) is 0.708. The third kappa shape index (κ3) is 2.78. The van der Waals surface area contributed by atoms with Gasteiger partial charge in [0.05, 0.1) is 0 Å². The van der Waals surface area contributed by atoms with Crippen molar-refractivity contribution in [3.05, 3.63) is 18.2 Å². The van der Waals surface area contributed by atoms with Gasteiger partial charge >= 0.3 is 0 Å². The van der Waals surface area contributed by atoms with Crippen LogP contribution in [0, 0.1) is 0 Å². The van der Waals surface area contributed by atoms with E-state index in [2.05, 4.69) is 4.98 Å². The number of nitrogens with zero attached hydrogens (tertiary/aromatic N) is 2. The minimum Gasteiger partial charge on any atom is -0.363 e. The summed E-state index contributed by atoms with van der Waals surface area (Å²) in [6, 6.07) is 0. The number of primary amides is 1. The molecule has 4 nitrogen and oxygen atoms in total. The highest BCUT2D eigenvalue weighted by Gasteiger charge is 2.02. The standard InChI is InChI=1S/C5H7N3O.2ClH/c1-8-3-2-7-5(8)4(6)9;;/h2-3H,1H3,(H2,6,9);2*1H. The van der Waals surface area contributed by atoms with Crippen molar-refractivity contribution in [1.82, 2.24) is 9.55 Å². The second-order valence-electron chi connectivity index (χ2n) is 1.73. The van der Waals surface area contributed by atoms with Crippen LogP contribution in [0.3, 0.4) is 0 Å². The second kappa shape index (κ2) is 4.98. The molecule has 0 bridgehead atoms. The maximum Gasteiger partial charge on any atom is 0.284 e. The highest BCUT2D eigenvalue weighted by molar-refractivity contribution is 5.89. The molecule has 1 heterocycles. The summed E-state index contributed by atoms with van der Waals surface area (Å²) in [5.74, 6) is -0.211. The highest BCUT2D eigenvalue weighted by Crippen LogP contribution is 1.89. The average Bonchev–Trinajstić information content (AvgIpc) is 2.13.